The summed E-state index contributed by atoms with van der Waals surface area (Å²) >= 11 is 9.31. The summed E-state index contributed by atoms with van der Waals surface area (Å²) in [5.41, 5.74) is 0.432. The minimum absolute atomic E-state index is 0.432. The first kappa shape index (κ1) is 12.1. The Labute approximate surface area is 109 Å². The second-order valence-corrected chi connectivity index (χ2v) is 6.23. The van der Waals surface area contributed by atoms with Crippen molar-refractivity contribution in [1.82, 2.24) is 9.97 Å². The molecule has 1 N–H and O–H groups in total. The van der Waals surface area contributed by atoms with Crippen LogP contribution in [0.3, 0.4) is 0 Å². The first-order valence-electron chi connectivity index (χ1n) is 5.40. The van der Waals surface area contributed by atoms with E-state index in [0.717, 1.165) is 10.3 Å². The zero-order chi connectivity index (χ0) is 11.8. The number of rotatable bonds is 2. The molecule has 1 aromatic rings. The molecule has 0 aliphatic heterocycles. The van der Waals surface area contributed by atoms with Crippen molar-refractivity contribution in [3.05, 3.63) is 16.0 Å². The summed E-state index contributed by atoms with van der Waals surface area (Å²) in [6, 6.07) is 0.484. The fourth-order valence-corrected chi connectivity index (χ4v) is 2.65. The predicted molar refractivity (Wildman–Crippen MR) is 69.8 cm³/mol. The number of halogens is 2. The van der Waals surface area contributed by atoms with Gasteiger partial charge in [0.15, 0.2) is 0 Å². The maximum absolute atomic E-state index is 5.92. The van der Waals surface area contributed by atoms with Crippen LogP contribution in [0.4, 0.5) is 5.82 Å². The van der Waals surface area contributed by atoms with Crippen LogP contribution < -0.4 is 5.32 Å². The molecule has 1 fully saturated rings. The Kier molecular flexibility index (Phi) is 3.40. The Morgan fingerprint density at radius 2 is 2.25 bits per heavy atom. The Hall–Kier alpha value is -0.350. The molecule has 16 heavy (non-hydrogen) atoms. The summed E-state index contributed by atoms with van der Waals surface area (Å²) in [6.45, 7) is 4.60. The van der Waals surface area contributed by atoms with E-state index in [2.05, 4.69) is 45.1 Å². The molecule has 0 amide bonds. The average molecular weight is 305 g/mol. The zero-order valence-electron chi connectivity index (χ0n) is 9.43. The lowest BCUT2D eigenvalue weighted by Crippen LogP contribution is -2.18. The number of hydrogen-bond acceptors (Lipinski definition) is 3. The van der Waals surface area contributed by atoms with Crippen molar-refractivity contribution in [3.8, 4) is 0 Å². The molecule has 1 unspecified atom stereocenters. The summed E-state index contributed by atoms with van der Waals surface area (Å²) in [4.78, 5) is 8.11. The molecule has 0 bridgehead atoms. The second-order valence-electron chi connectivity index (χ2n) is 5.08. The second kappa shape index (κ2) is 4.49. The molecule has 1 saturated carbocycles. The Bertz CT molecular complexity index is 395. The van der Waals surface area contributed by atoms with Crippen molar-refractivity contribution in [2.45, 2.75) is 39.2 Å². The molecule has 3 nitrogen and oxygen atoms in total. The van der Waals surface area contributed by atoms with E-state index in [1.54, 1.807) is 0 Å². The third-order valence-electron chi connectivity index (χ3n) is 3.06. The van der Waals surface area contributed by atoms with E-state index in [9.17, 15) is 0 Å². The highest BCUT2D eigenvalue weighted by Crippen LogP contribution is 2.39. The van der Waals surface area contributed by atoms with Crippen LogP contribution in [0.25, 0.3) is 0 Å². The lowest BCUT2D eigenvalue weighted by molar-refractivity contribution is 0.378. The molecule has 1 aromatic heterocycles. The third-order valence-corrected chi connectivity index (χ3v) is 4.32. The highest BCUT2D eigenvalue weighted by molar-refractivity contribution is 9.10. The number of aromatic nitrogens is 2. The SMILES string of the molecule is CC1(C)CCC(Nc2ncnc(Cl)c2Br)C1. The van der Waals surface area contributed by atoms with Gasteiger partial charge in [0, 0.05) is 6.04 Å². The van der Waals surface area contributed by atoms with Crippen LogP contribution in [0.1, 0.15) is 33.1 Å². The van der Waals surface area contributed by atoms with Crippen LogP contribution in [0.15, 0.2) is 10.8 Å². The van der Waals surface area contributed by atoms with Gasteiger partial charge in [-0.2, -0.15) is 0 Å². The summed E-state index contributed by atoms with van der Waals surface area (Å²) in [6.07, 6.45) is 5.08. The van der Waals surface area contributed by atoms with Gasteiger partial charge in [0.1, 0.15) is 17.3 Å². The largest absolute Gasteiger partial charge is 0.366 e. The predicted octanol–water partition coefficient (Wildman–Crippen LogP) is 3.88. The van der Waals surface area contributed by atoms with Crippen molar-refractivity contribution in [2.24, 2.45) is 5.41 Å². The first-order chi connectivity index (χ1) is 7.48. The van der Waals surface area contributed by atoms with E-state index in [0.29, 0.717) is 16.6 Å². The van der Waals surface area contributed by atoms with Gasteiger partial charge in [0.05, 0.1) is 4.47 Å². The van der Waals surface area contributed by atoms with Crippen LogP contribution in [-0.4, -0.2) is 16.0 Å². The Morgan fingerprint density at radius 1 is 1.50 bits per heavy atom. The normalized spacial score (nSPS) is 23.4. The van der Waals surface area contributed by atoms with Crippen molar-refractivity contribution in [1.29, 1.82) is 0 Å². The minimum Gasteiger partial charge on any atom is -0.366 e. The van der Waals surface area contributed by atoms with E-state index >= 15 is 0 Å². The number of anilines is 1. The van der Waals surface area contributed by atoms with E-state index in [1.807, 2.05) is 0 Å². The zero-order valence-corrected chi connectivity index (χ0v) is 11.8. The highest BCUT2D eigenvalue weighted by atomic mass is 79.9. The molecule has 0 spiro atoms. The molecule has 88 valence electrons. The van der Waals surface area contributed by atoms with E-state index < -0.39 is 0 Å². The molecule has 1 aliphatic rings. The molecular weight excluding hydrogens is 289 g/mol. The summed E-state index contributed by atoms with van der Waals surface area (Å²) < 4.78 is 0.751. The van der Waals surface area contributed by atoms with Crippen LogP contribution in [0, 0.1) is 5.41 Å². The molecule has 0 radical (unpaired) electrons. The fourth-order valence-electron chi connectivity index (χ4n) is 2.20. The van der Waals surface area contributed by atoms with Gasteiger partial charge in [-0.1, -0.05) is 25.4 Å². The smallest absolute Gasteiger partial charge is 0.148 e. The standard InChI is InChI=1S/C11H15BrClN3/c1-11(2)4-3-7(5-11)16-10-8(12)9(13)14-6-15-10/h6-7H,3-5H2,1-2H3,(H,14,15,16). The molecule has 1 heterocycles. The van der Waals surface area contributed by atoms with Gasteiger partial charge in [-0.05, 0) is 40.6 Å². The molecule has 5 heteroatoms. The summed E-state index contributed by atoms with van der Waals surface area (Å²) in [5, 5.41) is 3.88. The van der Waals surface area contributed by atoms with Crippen molar-refractivity contribution < 1.29 is 0 Å². The quantitative estimate of drug-likeness (QED) is 0.843. The molecule has 2 rings (SSSR count). The lowest BCUT2D eigenvalue weighted by atomic mass is 9.92. The summed E-state index contributed by atoms with van der Waals surface area (Å²) in [5.74, 6) is 0.794. The maximum Gasteiger partial charge on any atom is 0.148 e. The van der Waals surface area contributed by atoms with E-state index in [1.165, 1.54) is 25.6 Å². The molecule has 1 aliphatic carbocycles. The third kappa shape index (κ3) is 2.66. The average Bonchev–Trinajstić information content (AvgIpc) is 2.53. The molecule has 0 saturated heterocycles. The van der Waals surface area contributed by atoms with Gasteiger partial charge in [-0.3, -0.25) is 0 Å². The number of nitrogens with zero attached hydrogens (tertiary/aromatic N) is 2. The minimum atomic E-state index is 0.432. The monoisotopic (exact) mass is 303 g/mol. The van der Waals surface area contributed by atoms with Gasteiger partial charge in [0.2, 0.25) is 0 Å². The first-order valence-corrected chi connectivity index (χ1v) is 6.57. The van der Waals surface area contributed by atoms with Crippen molar-refractivity contribution in [2.75, 3.05) is 5.32 Å². The van der Waals surface area contributed by atoms with Crippen LogP contribution in [0.2, 0.25) is 5.15 Å². The van der Waals surface area contributed by atoms with Crippen LogP contribution >= 0.6 is 27.5 Å². The Morgan fingerprint density at radius 3 is 2.88 bits per heavy atom. The van der Waals surface area contributed by atoms with Gasteiger partial charge in [-0.25, -0.2) is 9.97 Å². The van der Waals surface area contributed by atoms with Gasteiger partial charge in [-0.15, -0.1) is 0 Å². The molecule has 1 atom stereocenters. The number of hydrogen-bond donors (Lipinski definition) is 1. The van der Waals surface area contributed by atoms with Gasteiger partial charge in [0.25, 0.3) is 0 Å². The van der Waals surface area contributed by atoms with Crippen LogP contribution in [-0.2, 0) is 0 Å². The van der Waals surface area contributed by atoms with Crippen molar-refractivity contribution >= 4 is 33.3 Å². The lowest BCUT2D eigenvalue weighted by Gasteiger charge is -2.18. The topological polar surface area (TPSA) is 37.8 Å². The maximum atomic E-state index is 5.92. The highest BCUT2D eigenvalue weighted by Gasteiger charge is 2.31. The molecule has 0 aromatic carbocycles. The van der Waals surface area contributed by atoms with Gasteiger partial charge < -0.3 is 5.32 Å². The van der Waals surface area contributed by atoms with E-state index in [-0.39, 0.29) is 0 Å². The van der Waals surface area contributed by atoms with Gasteiger partial charge >= 0.3 is 0 Å². The van der Waals surface area contributed by atoms with E-state index in [4.69, 9.17) is 11.6 Å². The molecular formula is C11H15BrClN3. The fraction of sp³-hybridized carbons (Fsp3) is 0.636. The number of nitrogens with one attached hydrogen (secondary N) is 1. The van der Waals surface area contributed by atoms with Crippen molar-refractivity contribution in [3.63, 3.8) is 0 Å². The Balaban J connectivity index is 2.08. The van der Waals surface area contributed by atoms with Crippen LogP contribution in [0.5, 0.6) is 0 Å². The summed E-state index contributed by atoms with van der Waals surface area (Å²) in [7, 11) is 0.